The standard InChI is InChI=1S/C17H22N4OS/c22-16-14-6-9-20(11-13-5-4-10-23-13)12-15(14)18-17(19-16)21-7-2-1-3-8-21/h4-5,10H,1-3,6-9,11-12H2,(H,18,19,22). The molecule has 0 aromatic carbocycles. The molecular formula is C17H22N4OS. The third-order valence-electron chi connectivity index (χ3n) is 4.76. The highest BCUT2D eigenvalue weighted by Crippen LogP contribution is 2.21. The number of nitrogens with zero attached hydrogens (tertiary/aromatic N) is 3. The smallest absolute Gasteiger partial charge is 0.255 e. The van der Waals surface area contributed by atoms with Gasteiger partial charge in [0.15, 0.2) is 0 Å². The Bertz CT molecular complexity index is 719. The van der Waals surface area contributed by atoms with E-state index in [0.29, 0.717) is 0 Å². The topological polar surface area (TPSA) is 52.2 Å². The molecule has 2 aromatic heterocycles. The van der Waals surface area contributed by atoms with Crippen molar-refractivity contribution in [3.63, 3.8) is 0 Å². The van der Waals surface area contributed by atoms with Gasteiger partial charge in [0.2, 0.25) is 5.95 Å². The van der Waals surface area contributed by atoms with E-state index in [9.17, 15) is 4.79 Å². The first-order chi connectivity index (χ1) is 11.3. The first kappa shape index (κ1) is 14.9. The van der Waals surface area contributed by atoms with Crippen LogP contribution in [-0.4, -0.2) is 34.5 Å². The molecule has 2 aromatic rings. The summed E-state index contributed by atoms with van der Waals surface area (Å²) in [5.41, 5.74) is 1.91. The van der Waals surface area contributed by atoms with Crippen LogP contribution in [0, 0.1) is 0 Å². The number of aromatic amines is 1. The summed E-state index contributed by atoms with van der Waals surface area (Å²) in [5, 5.41) is 2.12. The van der Waals surface area contributed by atoms with Gasteiger partial charge in [0, 0.05) is 43.2 Å². The number of piperidine rings is 1. The van der Waals surface area contributed by atoms with Crippen LogP contribution in [0.3, 0.4) is 0 Å². The predicted octanol–water partition coefficient (Wildman–Crippen LogP) is 2.38. The molecule has 1 fully saturated rings. The summed E-state index contributed by atoms with van der Waals surface area (Å²) in [4.78, 5) is 26.2. The van der Waals surface area contributed by atoms with Crippen LogP contribution < -0.4 is 10.5 Å². The quantitative estimate of drug-likeness (QED) is 0.939. The molecule has 122 valence electrons. The van der Waals surface area contributed by atoms with Crippen molar-refractivity contribution in [3.05, 3.63) is 44.0 Å². The SMILES string of the molecule is O=c1[nH]c(N2CCCCC2)nc2c1CCN(Cc1cccs1)C2. The van der Waals surface area contributed by atoms with E-state index in [0.717, 1.165) is 56.4 Å². The summed E-state index contributed by atoms with van der Waals surface area (Å²) in [5.74, 6) is 0.770. The fraction of sp³-hybridized carbons (Fsp3) is 0.529. The molecule has 2 aliphatic heterocycles. The van der Waals surface area contributed by atoms with Gasteiger partial charge in [0.1, 0.15) is 0 Å². The normalized spacial score (nSPS) is 18.9. The maximum absolute atomic E-state index is 12.4. The van der Waals surface area contributed by atoms with E-state index in [1.54, 1.807) is 11.3 Å². The van der Waals surface area contributed by atoms with Crippen LogP contribution in [-0.2, 0) is 19.5 Å². The fourth-order valence-electron chi connectivity index (χ4n) is 3.49. The fourth-order valence-corrected chi connectivity index (χ4v) is 4.24. The zero-order valence-corrected chi connectivity index (χ0v) is 14.1. The van der Waals surface area contributed by atoms with Crippen molar-refractivity contribution in [1.29, 1.82) is 0 Å². The van der Waals surface area contributed by atoms with E-state index in [-0.39, 0.29) is 5.56 Å². The molecule has 4 rings (SSSR count). The number of anilines is 1. The Morgan fingerprint density at radius 3 is 2.87 bits per heavy atom. The minimum Gasteiger partial charge on any atom is -0.342 e. The lowest BCUT2D eigenvalue weighted by Crippen LogP contribution is -2.38. The molecule has 1 N–H and O–H groups in total. The van der Waals surface area contributed by atoms with Gasteiger partial charge in [-0.05, 0) is 37.1 Å². The molecule has 5 nitrogen and oxygen atoms in total. The Kier molecular flexibility index (Phi) is 4.18. The summed E-state index contributed by atoms with van der Waals surface area (Å²) >= 11 is 1.79. The lowest BCUT2D eigenvalue weighted by Gasteiger charge is -2.30. The highest BCUT2D eigenvalue weighted by molar-refractivity contribution is 7.09. The van der Waals surface area contributed by atoms with Crippen molar-refractivity contribution < 1.29 is 0 Å². The molecule has 23 heavy (non-hydrogen) atoms. The van der Waals surface area contributed by atoms with Gasteiger partial charge in [0.25, 0.3) is 5.56 Å². The highest BCUT2D eigenvalue weighted by Gasteiger charge is 2.23. The second kappa shape index (κ2) is 6.45. The maximum Gasteiger partial charge on any atom is 0.255 e. The van der Waals surface area contributed by atoms with Gasteiger partial charge in [0.05, 0.1) is 5.69 Å². The zero-order valence-electron chi connectivity index (χ0n) is 13.3. The molecule has 0 radical (unpaired) electrons. The molecular weight excluding hydrogens is 308 g/mol. The summed E-state index contributed by atoms with van der Waals surface area (Å²) in [7, 11) is 0. The van der Waals surface area contributed by atoms with Gasteiger partial charge in [-0.25, -0.2) is 4.98 Å². The molecule has 0 atom stereocenters. The number of H-pyrrole nitrogens is 1. The number of hydrogen-bond acceptors (Lipinski definition) is 5. The number of thiophene rings is 1. The summed E-state index contributed by atoms with van der Waals surface area (Å²) in [6, 6.07) is 4.26. The van der Waals surface area contributed by atoms with Crippen LogP contribution in [0.5, 0.6) is 0 Å². The highest BCUT2D eigenvalue weighted by atomic mass is 32.1. The van der Waals surface area contributed by atoms with Crippen LogP contribution in [0.2, 0.25) is 0 Å². The van der Waals surface area contributed by atoms with Gasteiger partial charge in [-0.2, -0.15) is 0 Å². The van der Waals surface area contributed by atoms with Crippen LogP contribution in [0.4, 0.5) is 5.95 Å². The molecule has 2 aliphatic rings. The summed E-state index contributed by atoms with van der Waals surface area (Å²) in [6.07, 6.45) is 4.44. The predicted molar refractivity (Wildman–Crippen MR) is 93.1 cm³/mol. The molecule has 6 heteroatoms. The Balaban J connectivity index is 1.56. The van der Waals surface area contributed by atoms with Crippen molar-refractivity contribution in [2.24, 2.45) is 0 Å². The molecule has 0 aliphatic carbocycles. The van der Waals surface area contributed by atoms with Gasteiger partial charge in [-0.15, -0.1) is 11.3 Å². The first-order valence-electron chi connectivity index (χ1n) is 8.41. The molecule has 0 amide bonds. The third kappa shape index (κ3) is 3.19. The first-order valence-corrected chi connectivity index (χ1v) is 9.29. The average Bonchev–Trinajstić information content (AvgIpc) is 3.08. The van der Waals surface area contributed by atoms with Crippen LogP contribution >= 0.6 is 11.3 Å². The average molecular weight is 330 g/mol. The Morgan fingerprint density at radius 2 is 2.09 bits per heavy atom. The van der Waals surface area contributed by atoms with Crippen LogP contribution in [0.15, 0.2) is 22.3 Å². The van der Waals surface area contributed by atoms with Crippen molar-refractivity contribution in [2.75, 3.05) is 24.5 Å². The molecule has 0 spiro atoms. The summed E-state index contributed by atoms with van der Waals surface area (Å²) < 4.78 is 0. The molecule has 0 bridgehead atoms. The monoisotopic (exact) mass is 330 g/mol. The largest absolute Gasteiger partial charge is 0.342 e. The van der Waals surface area contributed by atoms with E-state index < -0.39 is 0 Å². The minimum absolute atomic E-state index is 0.0614. The van der Waals surface area contributed by atoms with E-state index >= 15 is 0 Å². The molecule has 0 saturated carbocycles. The van der Waals surface area contributed by atoms with E-state index in [2.05, 4.69) is 32.3 Å². The van der Waals surface area contributed by atoms with Gasteiger partial charge in [-0.1, -0.05) is 6.07 Å². The lowest BCUT2D eigenvalue weighted by molar-refractivity contribution is 0.242. The summed E-state index contributed by atoms with van der Waals surface area (Å²) in [6.45, 7) is 4.66. The van der Waals surface area contributed by atoms with Crippen molar-refractivity contribution in [1.82, 2.24) is 14.9 Å². The second-order valence-corrected chi connectivity index (χ2v) is 7.43. The molecule has 0 unspecified atom stereocenters. The second-order valence-electron chi connectivity index (χ2n) is 6.40. The maximum atomic E-state index is 12.4. The van der Waals surface area contributed by atoms with Crippen molar-refractivity contribution >= 4 is 17.3 Å². The van der Waals surface area contributed by atoms with Crippen molar-refractivity contribution in [3.8, 4) is 0 Å². The van der Waals surface area contributed by atoms with Crippen LogP contribution in [0.1, 0.15) is 35.4 Å². The minimum atomic E-state index is 0.0614. The number of nitrogens with one attached hydrogen (secondary N) is 1. The van der Waals surface area contributed by atoms with Crippen molar-refractivity contribution in [2.45, 2.75) is 38.8 Å². The molecule has 4 heterocycles. The zero-order chi connectivity index (χ0) is 15.6. The Morgan fingerprint density at radius 1 is 1.22 bits per heavy atom. The molecule has 1 saturated heterocycles. The van der Waals surface area contributed by atoms with Gasteiger partial charge >= 0.3 is 0 Å². The Labute approximate surface area is 140 Å². The van der Waals surface area contributed by atoms with E-state index in [1.165, 1.54) is 24.1 Å². The van der Waals surface area contributed by atoms with Gasteiger partial charge < -0.3 is 4.90 Å². The number of hydrogen-bond donors (Lipinski definition) is 1. The third-order valence-corrected chi connectivity index (χ3v) is 5.62. The lowest BCUT2D eigenvalue weighted by atomic mass is 10.1. The number of fused-ring (bicyclic) bond motifs is 1. The van der Waals surface area contributed by atoms with E-state index in [4.69, 9.17) is 4.98 Å². The van der Waals surface area contributed by atoms with Crippen LogP contribution in [0.25, 0.3) is 0 Å². The number of aromatic nitrogens is 2. The number of rotatable bonds is 3. The van der Waals surface area contributed by atoms with E-state index in [1.807, 2.05) is 0 Å². The van der Waals surface area contributed by atoms with Gasteiger partial charge in [-0.3, -0.25) is 14.7 Å². The Hall–Kier alpha value is -1.66.